The molecule has 0 aliphatic carbocycles. The zero-order valence-corrected chi connectivity index (χ0v) is 10.6. The van der Waals surface area contributed by atoms with Gasteiger partial charge in [0.1, 0.15) is 0 Å². The van der Waals surface area contributed by atoms with Gasteiger partial charge in [0.25, 0.3) is 0 Å². The number of hydrogen-bond donors (Lipinski definition) is 2. The second-order valence-corrected chi connectivity index (χ2v) is 5.13. The normalized spacial score (nSPS) is 14.1. The van der Waals surface area contributed by atoms with Gasteiger partial charge in [-0.25, -0.2) is 0 Å². The minimum absolute atomic E-state index is 0.0515. The first-order chi connectivity index (χ1) is 6.78. The van der Waals surface area contributed by atoms with E-state index >= 15 is 0 Å². The molecule has 0 radical (unpaired) electrons. The summed E-state index contributed by atoms with van der Waals surface area (Å²) in [5.74, 6) is -0.0515. The van der Waals surface area contributed by atoms with Gasteiger partial charge in [-0.2, -0.15) is 0 Å². The van der Waals surface area contributed by atoms with Crippen LogP contribution in [0, 0.1) is 5.41 Å². The Labute approximate surface area is 93.2 Å². The van der Waals surface area contributed by atoms with Gasteiger partial charge in [0, 0.05) is 13.1 Å². The smallest absolute Gasteiger partial charge is 0.236 e. The highest BCUT2D eigenvalue weighted by Crippen LogP contribution is 2.14. The van der Waals surface area contributed by atoms with E-state index in [1.54, 1.807) is 0 Å². The second kappa shape index (κ2) is 6.08. The SMILES string of the molecule is CCC(N)C(=O)NCC(C)(C)CN(C)C. The molecule has 0 aromatic carbocycles. The molecule has 15 heavy (non-hydrogen) atoms. The Morgan fingerprint density at radius 2 is 2.00 bits per heavy atom. The lowest BCUT2D eigenvalue weighted by molar-refractivity contribution is -0.122. The van der Waals surface area contributed by atoms with Crippen LogP contribution in [-0.4, -0.2) is 44.0 Å². The molecule has 1 atom stereocenters. The monoisotopic (exact) mass is 215 g/mol. The Balaban J connectivity index is 3.98. The van der Waals surface area contributed by atoms with E-state index in [-0.39, 0.29) is 17.4 Å². The molecule has 0 saturated carbocycles. The van der Waals surface area contributed by atoms with Crippen molar-refractivity contribution >= 4 is 5.91 Å². The lowest BCUT2D eigenvalue weighted by Crippen LogP contribution is -2.46. The van der Waals surface area contributed by atoms with E-state index in [1.165, 1.54) is 0 Å². The maximum atomic E-state index is 11.5. The highest BCUT2D eigenvalue weighted by molar-refractivity contribution is 5.81. The molecule has 3 N–H and O–H groups in total. The quantitative estimate of drug-likeness (QED) is 0.675. The first-order valence-electron chi connectivity index (χ1n) is 5.46. The molecule has 0 bridgehead atoms. The largest absolute Gasteiger partial charge is 0.354 e. The number of hydrogen-bond acceptors (Lipinski definition) is 3. The predicted molar refractivity (Wildman–Crippen MR) is 63.6 cm³/mol. The summed E-state index contributed by atoms with van der Waals surface area (Å²) in [6, 6.07) is -0.375. The van der Waals surface area contributed by atoms with Gasteiger partial charge in [0.2, 0.25) is 5.91 Å². The van der Waals surface area contributed by atoms with Gasteiger partial charge in [-0.05, 0) is 25.9 Å². The third-order valence-corrected chi connectivity index (χ3v) is 2.26. The van der Waals surface area contributed by atoms with Crippen LogP contribution >= 0.6 is 0 Å². The molecule has 0 spiro atoms. The van der Waals surface area contributed by atoms with Crippen LogP contribution in [0.5, 0.6) is 0 Å². The summed E-state index contributed by atoms with van der Waals surface area (Å²) in [6.45, 7) is 7.77. The molecule has 0 aliphatic rings. The Morgan fingerprint density at radius 3 is 2.40 bits per heavy atom. The molecule has 0 fully saturated rings. The van der Waals surface area contributed by atoms with Crippen LogP contribution in [0.4, 0.5) is 0 Å². The van der Waals surface area contributed by atoms with Crippen LogP contribution in [-0.2, 0) is 4.79 Å². The number of rotatable bonds is 6. The van der Waals surface area contributed by atoms with E-state index in [2.05, 4.69) is 24.1 Å². The molecule has 0 aliphatic heterocycles. The topological polar surface area (TPSA) is 58.4 Å². The van der Waals surface area contributed by atoms with Crippen molar-refractivity contribution in [2.45, 2.75) is 33.2 Å². The molecular weight excluding hydrogens is 190 g/mol. The summed E-state index contributed by atoms with van der Waals surface area (Å²) in [5, 5.41) is 2.89. The lowest BCUT2D eigenvalue weighted by Gasteiger charge is -2.28. The molecule has 4 nitrogen and oxygen atoms in total. The summed E-state index contributed by atoms with van der Waals surface area (Å²) < 4.78 is 0. The van der Waals surface area contributed by atoms with Gasteiger partial charge in [-0.15, -0.1) is 0 Å². The van der Waals surface area contributed by atoms with Crippen molar-refractivity contribution in [2.75, 3.05) is 27.2 Å². The molecule has 0 heterocycles. The van der Waals surface area contributed by atoms with E-state index in [0.717, 1.165) is 6.54 Å². The first kappa shape index (κ1) is 14.4. The van der Waals surface area contributed by atoms with Crippen LogP contribution in [0.1, 0.15) is 27.2 Å². The highest BCUT2D eigenvalue weighted by Gasteiger charge is 2.21. The highest BCUT2D eigenvalue weighted by atomic mass is 16.2. The molecule has 90 valence electrons. The number of nitrogens with zero attached hydrogens (tertiary/aromatic N) is 1. The van der Waals surface area contributed by atoms with Crippen LogP contribution < -0.4 is 11.1 Å². The Morgan fingerprint density at radius 1 is 1.47 bits per heavy atom. The standard InChI is InChI=1S/C11H25N3O/c1-6-9(12)10(15)13-7-11(2,3)8-14(4)5/h9H,6-8,12H2,1-5H3,(H,13,15). The van der Waals surface area contributed by atoms with Gasteiger partial charge in [-0.1, -0.05) is 20.8 Å². The van der Waals surface area contributed by atoms with Gasteiger partial charge in [0.15, 0.2) is 0 Å². The van der Waals surface area contributed by atoms with E-state index in [1.807, 2.05) is 21.0 Å². The van der Waals surface area contributed by atoms with Crippen LogP contribution in [0.25, 0.3) is 0 Å². The summed E-state index contributed by atoms with van der Waals surface area (Å²) >= 11 is 0. The minimum Gasteiger partial charge on any atom is -0.354 e. The van der Waals surface area contributed by atoms with E-state index < -0.39 is 0 Å². The van der Waals surface area contributed by atoms with Crippen molar-refractivity contribution in [3.8, 4) is 0 Å². The minimum atomic E-state index is -0.375. The van der Waals surface area contributed by atoms with E-state index in [0.29, 0.717) is 13.0 Å². The van der Waals surface area contributed by atoms with Crippen molar-refractivity contribution in [3.05, 3.63) is 0 Å². The molecule has 1 unspecified atom stereocenters. The third-order valence-electron chi connectivity index (χ3n) is 2.26. The lowest BCUT2D eigenvalue weighted by atomic mass is 9.93. The fourth-order valence-electron chi connectivity index (χ4n) is 1.55. The summed E-state index contributed by atoms with van der Waals surface area (Å²) in [5.41, 5.74) is 5.70. The maximum absolute atomic E-state index is 11.5. The summed E-state index contributed by atoms with van der Waals surface area (Å²) in [6.07, 6.45) is 0.680. The van der Waals surface area contributed by atoms with Gasteiger partial charge < -0.3 is 16.0 Å². The molecule has 0 aromatic heterocycles. The second-order valence-electron chi connectivity index (χ2n) is 5.13. The van der Waals surface area contributed by atoms with Crippen molar-refractivity contribution in [1.82, 2.24) is 10.2 Å². The first-order valence-corrected chi connectivity index (χ1v) is 5.46. The predicted octanol–water partition coefficient (Wildman–Crippen LogP) is 0.428. The van der Waals surface area contributed by atoms with E-state index in [9.17, 15) is 4.79 Å². The van der Waals surface area contributed by atoms with Crippen LogP contribution in [0.15, 0.2) is 0 Å². The molecule has 0 rings (SSSR count). The molecule has 0 saturated heterocycles. The zero-order chi connectivity index (χ0) is 12.1. The van der Waals surface area contributed by atoms with E-state index in [4.69, 9.17) is 5.73 Å². The summed E-state index contributed by atoms with van der Waals surface area (Å²) in [4.78, 5) is 13.6. The van der Waals surface area contributed by atoms with Crippen molar-refractivity contribution in [3.63, 3.8) is 0 Å². The van der Waals surface area contributed by atoms with Crippen molar-refractivity contribution in [2.24, 2.45) is 11.1 Å². The van der Waals surface area contributed by atoms with Crippen LogP contribution in [0.2, 0.25) is 0 Å². The molecule has 4 heteroatoms. The number of nitrogens with two attached hydrogens (primary N) is 1. The van der Waals surface area contributed by atoms with Crippen LogP contribution in [0.3, 0.4) is 0 Å². The number of amides is 1. The fraction of sp³-hybridized carbons (Fsp3) is 0.909. The van der Waals surface area contributed by atoms with Crippen molar-refractivity contribution < 1.29 is 4.79 Å². The third kappa shape index (κ3) is 6.47. The molecular formula is C11H25N3O. The molecule has 1 amide bonds. The number of carbonyl (C=O) groups is 1. The number of nitrogens with one attached hydrogen (secondary N) is 1. The Bertz CT molecular complexity index is 202. The Hall–Kier alpha value is -0.610. The summed E-state index contributed by atoms with van der Waals surface area (Å²) in [7, 11) is 4.06. The van der Waals surface area contributed by atoms with Gasteiger partial charge in [-0.3, -0.25) is 4.79 Å². The Kier molecular flexibility index (Phi) is 5.83. The van der Waals surface area contributed by atoms with Crippen molar-refractivity contribution in [1.29, 1.82) is 0 Å². The maximum Gasteiger partial charge on any atom is 0.236 e. The number of carbonyl (C=O) groups excluding carboxylic acids is 1. The molecule has 0 aromatic rings. The average Bonchev–Trinajstić information content (AvgIpc) is 2.11. The average molecular weight is 215 g/mol. The van der Waals surface area contributed by atoms with Gasteiger partial charge in [0.05, 0.1) is 6.04 Å². The van der Waals surface area contributed by atoms with Gasteiger partial charge >= 0.3 is 0 Å². The zero-order valence-electron chi connectivity index (χ0n) is 10.6. The fourth-order valence-corrected chi connectivity index (χ4v) is 1.55.